The van der Waals surface area contributed by atoms with Crippen molar-refractivity contribution >= 4 is 26.9 Å². The molecule has 214 valence electrons. The third-order valence-electron chi connectivity index (χ3n) is 7.17. The lowest BCUT2D eigenvalue weighted by Gasteiger charge is -2.33. The predicted molar refractivity (Wildman–Crippen MR) is 153 cm³/mol. The average Bonchev–Trinajstić information content (AvgIpc) is 2.90. The number of halogens is 1. The Balaban J connectivity index is 1.53. The number of aromatic nitrogens is 1. The molecule has 10 heteroatoms. The van der Waals surface area contributed by atoms with E-state index in [4.69, 9.17) is 9.47 Å². The molecule has 0 radical (unpaired) electrons. The minimum absolute atomic E-state index is 0.0416. The Bertz CT molecular complexity index is 1770. The smallest absolute Gasteiger partial charge is 0.318 e. The molecule has 1 aliphatic heterocycles. The number of hydrogen-bond donors (Lipinski definition) is 1. The highest BCUT2D eigenvalue weighted by atomic mass is 32.2. The van der Waals surface area contributed by atoms with Gasteiger partial charge in [-0.3, -0.25) is 4.79 Å². The van der Waals surface area contributed by atoms with Gasteiger partial charge in [0.1, 0.15) is 35.0 Å². The third kappa shape index (κ3) is 5.89. The summed E-state index contributed by atoms with van der Waals surface area (Å²) >= 11 is 0. The quantitative estimate of drug-likeness (QED) is 0.284. The SMILES string of the molecule is COc1ccc(-c2cc(F)cc(CN(CC(=O)O)S(=O)(=O)c3ccc4c(c3)CCC(C)(C)O4)c2)c2ccc(C)nc12. The van der Waals surface area contributed by atoms with Crippen LogP contribution < -0.4 is 9.47 Å². The molecule has 0 saturated carbocycles. The number of fused-ring (bicyclic) bond motifs is 2. The van der Waals surface area contributed by atoms with Crippen molar-refractivity contribution in [1.29, 1.82) is 0 Å². The highest BCUT2D eigenvalue weighted by Crippen LogP contribution is 2.36. The van der Waals surface area contributed by atoms with Gasteiger partial charge in [-0.25, -0.2) is 17.8 Å². The number of carboxylic acid groups (broad SMARTS) is 1. The van der Waals surface area contributed by atoms with Crippen molar-refractivity contribution in [2.75, 3.05) is 13.7 Å². The maximum absolute atomic E-state index is 15.0. The number of carboxylic acids is 1. The number of hydrogen-bond acceptors (Lipinski definition) is 6. The Labute approximate surface area is 238 Å². The van der Waals surface area contributed by atoms with Gasteiger partial charge in [-0.2, -0.15) is 4.31 Å². The fourth-order valence-electron chi connectivity index (χ4n) is 5.13. The second-order valence-electron chi connectivity index (χ2n) is 10.8. The largest absolute Gasteiger partial charge is 0.494 e. The van der Waals surface area contributed by atoms with Crippen LogP contribution in [-0.2, 0) is 27.8 Å². The lowest BCUT2D eigenvalue weighted by atomic mass is 9.94. The van der Waals surface area contributed by atoms with Crippen molar-refractivity contribution in [2.45, 2.75) is 50.7 Å². The van der Waals surface area contributed by atoms with Gasteiger partial charge in [0, 0.05) is 17.6 Å². The molecule has 0 atom stereocenters. The van der Waals surface area contributed by atoms with E-state index in [0.29, 0.717) is 46.5 Å². The number of aryl methyl sites for hydroxylation is 2. The monoisotopic (exact) mass is 578 g/mol. The number of methoxy groups -OCH3 is 1. The summed E-state index contributed by atoms with van der Waals surface area (Å²) in [6.07, 6.45) is 1.34. The summed E-state index contributed by atoms with van der Waals surface area (Å²) in [5.41, 5.74) is 3.27. The van der Waals surface area contributed by atoms with Gasteiger partial charge in [-0.1, -0.05) is 6.07 Å². The zero-order chi connectivity index (χ0) is 29.5. The van der Waals surface area contributed by atoms with Gasteiger partial charge in [0.2, 0.25) is 10.0 Å². The number of nitrogens with zero attached hydrogens (tertiary/aromatic N) is 2. The summed E-state index contributed by atoms with van der Waals surface area (Å²) in [4.78, 5) is 16.3. The van der Waals surface area contributed by atoms with Crippen LogP contribution in [0.5, 0.6) is 11.5 Å². The Kier molecular flexibility index (Phi) is 7.48. The Hall–Kier alpha value is -4.02. The van der Waals surface area contributed by atoms with Gasteiger partial charge < -0.3 is 14.6 Å². The summed E-state index contributed by atoms with van der Waals surface area (Å²) in [6.45, 7) is 4.66. The maximum Gasteiger partial charge on any atom is 0.318 e. The van der Waals surface area contributed by atoms with Gasteiger partial charge in [0.05, 0.1) is 12.0 Å². The number of carbonyl (C=O) groups is 1. The first-order valence-electron chi connectivity index (χ1n) is 13.1. The topological polar surface area (TPSA) is 106 Å². The summed E-state index contributed by atoms with van der Waals surface area (Å²) in [5, 5.41) is 10.3. The van der Waals surface area contributed by atoms with Crippen LogP contribution in [0, 0.1) is 12.7 Å². The molecule has 0 aliphatic carbocycles. The van der Waals surface area contributed by atoms with Crippen LogP contribution in [-0.4, -0.2) is 48.0 Å². The molecule has 3 aromatic carbocycles. The minimum Gasteiger partial charge on any atom is -0.494 e. The van der Waals surface area contributed by atoms with Crippen LogP contribution in [0.2, 0.25) is 0 Å². The molecule has 0 fully saturated rings. The lowest BCUT2D eigenvalue weighted by Crippen LogP contribution is -2.36. The van der Waals surface area contributed by atoms with E-state index in [1.807, 2.05) is 32.9 Å². The van der Waals surface area contributed by atoms with Gasteiger partial charge >= 0.3 is 5.97 Å². The van der Waals surface area contributed by atoms with Crippen molar-refractivity contribution in [3.63, 3.8) is 0 Å². The molecule has 2 heterocycles. The van der Waals surface area contributed by atoms with Gasteiger partial charge in [-0.05, 0) is 110 Å². The first-order chi connectivity index (χ1) is 19.4. The summed E-state index contributed by atoms with van der Waals surface area (Å²) in [5.74, 6) is -0.725. The van der Waals surface area contributed by atoms with Gasteiger partial charge in [0.15, 0.2) is 0 Å². The molecular formula is C31H31FN2O6S. The number of ether oxygens (including phenoxy) is 2. The van der Waals surface area contributed by atoms with E-state index in [9.17, 15) is 22.7 Å². The summed E-state index contributed by atoms with van der Waals surface area (Å²) < 4.78 is 54.7. The normalized spacial score (nSPS) is 14.5. The molecule has 41 heavy (non-hydrogen) atoms. The number of rotatable bonds is 8. The van der Waals surface area contributed by atoms with Crippen LogP contribution in [0.1, 0.15) is 37.1 Å². The zero-order valence-corrected chi connectivity index (χ0v) is 24.1. The highest BCUT2D eigenvalue weighted by Gasteiger charge is 2.31. The van der Waals surface area contributed by atoms with Gasteiger partial charge in [-0.15, -0.1) is 0 Å². The molecule has 4 aromatic rings. The van der Waals surface area contributed by atoms with E-state index >= 15 is 0 Å². The van der Waals surface area contributed by atoms with Crippen LogP contribution in [0.4, 0.5) is 4.39 Å². The molecule has 1 N–H and O–H groups in total. The molecule has 0 saturated heterocycles. The Morgan fingerprint density at radius 3 is 2.63 bits per heavy atom. The Morgan fingerprint density at radius 2 is 1.90 bits per heavy atom. The molecule has 0 amide bonds. The molecule has 0 unspecified atom stereocenters. The average molecular weight is 579 g/mol. The first kappa shape index (κ1) is 28.5. The summed E-state index contributed by atoms with van der Waals surface area (Å²) in [6, 6.07) is 16.0. The van der Waals surface area contributed by atoms with E-state index < -0.39 is 28.4 Å². The summed E-state index contributed by atoms with van der Waals surface area (Å²) in [7, 11) is -2.70. The number of benzene rings is 3. The predicted octanol–water partition coefficient (Wildman–Crippen LogP) is 5.74. The molecule has 1 aliphatic rings. The second-order valence-corrected chi connectivity index (χ2v) is 12.7. The minimum atomic E-state index is -4.25. The Morgan fingerprint density at radius 1 is 1.12 bits per heavy atom. The molecule has 5 rings (SSSR count). The number of aliphatic carboxylic acids is 1. The molecule has 0 bridgehead atoms. The third-order valence-corrected chi connectivity index (χ3v) is 8.96. The molecule has 1 aromatic heterocycles. The van der Waals surface area contributed by atoms with Crippen molar-refractivity contribution < 1.29 is 32.2 Å². The van der Waals surface area contributed by atoms with E-state index in [0.717, 1.165) is 20.9 Å². The van der Waals surface area contributed by atoms with Crippen LogP contribution >= 0.6 is 0 Å². The maximum atomic E-state index is 15.0. The number of sulfonamides is 1. The van der Waals surface area contributed by atoms with Crippen LogP contribution in [0.15, 0.2) is 65.6 Å². The van der Waals surface area contributed by atoms with E-state index in [1.54, 1.807) is 31.4 Å². The lowest BCUT2D eigenvalue weighted by molar-refractivity contribution is -0.137. The first-order valence-corrected chi connectivity index (χ1v) is 14.6. The van der Waals surface area contributed by atoms with E-state index in [2.05, 4.69) is 4.98 Å². The van der Waals surface area contributed by atoms with Crippen LogP contribution in [0.3, 0.4) is 0 Å². The standard InChI is InChI=1S/C31H31FN2O6S/c1-19-5-7-26-25(8-10-28(39-4)30(26)33-19)22-13-20(14-23(32)15-22)17-34(18-29(35)36)41(37,38)24-6-9-27-21(16-24)11-12-31(2,3)40-27/h5-10,13-16H,11-12,17-18H2,1-4H3,(H,35,36). The fourth-order valence-corrected chi connectivity index (χ4v) is 6.56. The van der Waals surface area contributed by atoms with E-state index in [1.165, 1.54) is 24.3 Å². The number of pyridine rings is 1. The second kappa shape index (κ2) is 10.8. The zero-order valence-electron chi connectivity index (χ0n) is 23.3. The van der Waals surface area contributed by atoms with Crippen molar-refractivity contribution in [1.82, 2.24) is 9.29 Å². The van der Waals surface area contributed by atoms with Crippen molar-refractivity contribution in [2.24, 2.45) is 0 Å². The highest BCUT2D eigenvalue weighted by molar-refractivity contribution is 7.89. The van der Waals surface area contributed by atoms with Crippen molar-refractivity contribution in [3.8, 4) is 22.6 Å². The van der Waals surface area contributed by atoms with Crippen LogP contribution in [0.25, 0.3) is 22.0 Å². The van der Waals surface area contributed by atoms with Crippen molar-refractivity contribution in [3.05, 3.63) is 83.3 Å². The molecular weight excluding hydrogens is 547 g/mol. The van der Waals surface area contributed by atoms with Gasteiger partial charge in [0.25, 0.3) is 0 Å². The molecule has 8 nitrogen and oxygen atoms in total. The fraction of sp³-hybridized carbons (Fsp3) is 0.290. The molecule has 0 spiro atoms. The van der Waals surface area contributed by atoms with E-state index in [-0.39, 0.29) is 17.0 Å².